The first-order chi connectivity index (χ1) is 8.04. The van der Waals surface area contributed by atoms with Crippen molar-refractivity contribution in [1.29, 1.82) is 0 Å². The van der Waals surface area contributed by atoms with E-state index < -0.39 is 0 Å². The molecule has 0 aliphatic carbocycles. The van der Waals surface area contributed by atoms with Crippen LogP contribution in [0.3, 0.4) is 0 Å². The van der Waals surface area contributed by atoms with Gasteiger partial charge in [-0.15, -0.1) is 0 Å². The van der Waals surface area contributed by atoms with Crippen LogP contribution >= 0.6 is 0 Å². The molecule has 1 aliphatic heterocycles. The molecule has 1 N–H and O–H groups in total. The third-order valence-electron chi connectivity index (χ3n) is 3.64. The molecule has 0 fully saturated rings. The fourth-order valence-corrected chi connectivity index (χ4v) is 2.33. The quantitative estimate of drug-likeness (QED) is 0.793. The predicted molar refractivity (Wildman–Crippen MR) is 74.5 cm³/mol. The van der Waals surface area contributed by atoms with Crippen molar-refractivity contribution in [1.82, 2.24) is 4.98 Å². The Bertz CT molecular complexity index is 540. The maximum atomic E-state index is 4.44. The van der Waals surface area contributed by atoms with Crippen molar-refractivity contribution in [3.8, 4) is 0 Å². The molecule has 0 unspecified atom stereocenters. The number of allylic oxidation sites excluding steroid dienone is 2. The fourth-order valence-electron chi connectivity index (χ4n) is 2.33. The highest BCUT2D eigenvalue weighted by atomic mass is 14.8. The van der Waals surface area contributed by atoms with Gasteiger partial charge >= 0.3 is 0 Å². The molecule has 0 aromatic carbocycles. The molecule has 2 rings (SSSR count). The largest absolute Gasteiger partial charge is 0.359 e. The van der Waals surface area contributed by atoms with Gasteiger partial charge in [-0.1, -0.05) is 6.92 Å². The first-order valence-corrected chi connectivity index (χ1v) is 6.16. The molecule has 1 aromatic rings. The molecule has 0 radical (unpaired) electrons. The zero-order valence-electron chi connectivity index (χ0n) is 11.3. The monoisotopic (exact) mass is 228 g/mol. The van der Waals surface area contributed by atoms with Gasteiger partial charge in [0.05, 0.1) is 5.70 Å². The molecule has 2 heteroatoms. The van der Waals surface area contributed by atoms with Crippen molar-refractivity contribution in [2.75, 3.05) is 0 Å². The summed E-state index contributed by atoms with van der Waals surface area (Å²) in [5.41, 5.74) is 8.86. The zero-order valence-corrected chi connectivity index (χ0v) is 11.3. The predicted octanol–water partition coefficient (Wildman–Crippen LogP) is 3.96. The Balaban J connectivity index is 2.45. The lowest BCUT2D eigenvalue weighted by molar-refractivity contribution is 1.08. The van der Waals surface area contributed by atoms with Crippen LogP contribution in [0.1, 0.15) is 43.3 Å². The third kappa shape index (κ3) is 1.99. The van der Waals surface area contributed by atoms with Crippen molar-refractivity contribution >= 4 is 12.3 Å². The lowest BCUT2D eigenvalue weighted by Gasteiger charge is -1.99. The molecule has 0 saturated heterocycles. The van der Waals surface area contributed by atoms with Crippen LogP contribution in [0.5, 0.6) is 0 Å². The van der Waals surface area contributed by atoms with E-state index in [1.165, 1.54) is 33.7 Å². The summed E-state index contributed by atoms with van der Waals surface area (Å²) in [6, 6.07) is 0. The normalized spacial score (nSPS) is 17.6. The first-order valence-electron chi connectivity index (χ1n) is 6.16. The second-order valence-corrected chi connectivity index (χ2v) is 4.72. The number of nitrogens with one attached hydrogen (secondary N) is 1. The van der Waals surface area contributed by atoms with E-state index >= 15 is 0 Å². The number of H-pyrrole nitrogens is 1. The lowest BCUT2D eigenvalue weighted by Crippen LogP contribution is -1.84. The molecule has 2 nitrogen and oxygen atoms in total. The van der Waals surface area contributed by atoms with E-state index in [4.69, 9.17) is 0 Å². The van der Waals surface area contributed by atoms with Gasteiger partial charge in [-0.05, 0) is 62.5 Å². The average molecular weight is 228 g/mol. The van der Waals surface area contributed by atoms with Gasteiger partial charge in [-0.3, -0.25) is 4.99 Å². The Morgan fingerprint density at radius 3 is 2.41 bits per heavy atom. The number of hydrogen-bond donors (Lipinski definition) is 1. The Kier molecular flexibility index (Phi) is 3.05. The smallest absolute Gasteiger partial charge is 0.0682 e. The maximum Gasteiger partial charge on any atom is 0.0682 e. The third-order valence-corrected chi connectivity index (χ3v) is 3.64. The van der Waals surface area contributed by atoms with E-state index in [1.807, 2.05) is 6.21 Å². The number of aromatic amines is 1. The Morgan fingerprint density at radius 2 is 1.94 bits per heavy atom. The van der Waals surface area contributed by atoms with E-state index in [-0.39, 0.29) is 0 Å². The van der Waals surface area contributed by atoms with E-state index in [2.05, 4.69) is 50.7 Å². The highest BCUT2D eigenvalue weighted by molar-refractivity contribution is 5.87. The molecule has 1 aliphatic rings. The number of aryl methyl sites for hydroxylation is 1. The van der Waals surface area contributed by atoms with Crippen molar-refractivity contribution in [2.24, 2.45) is 4.99 Å². The molecular weight excluding hydrogens is 208 g/mol. The van der Waals surface area contributed by atoms with Gasteiger partial charge in [0.2, 0.25) is 0 Å². The summed E-state index contributed by atoms with van der Waals surface area (Å²) in [6.07, 6.45) is 5.17. The molecule has 90 valence electrons. The van der Waals surface area contributed by atoms with Crippen LogP contribution < -0.4 is 0 Å². The minimum Gasteiger partial charge on any atom is -0.359 e. The number of hydrogen-bond acceptors (Lipinski definition) is 1. The van der Waals surface area contributed by atoms with Crippen LogP contribution in [-0.2, 0) is 6.42 Å². The number of rotatable bonds is 2. The van der Waals surface area contributed by atoms with Gasteiger partial charge in [-0.2, -0.15) is 0 Å². The molecule has 0 spiro atoms. The Labute approximate surface area is 103 Å². The van der Waals surface area contributed by atoms with Crippen molar-refractivity contribution in [2.45, 2.75) is 41.0 Å². The highest BCUT2D eigenvalue weighted by Gasteiger charge is 2.12. The molecule has 1 aromatic heterocycles. The molecule has 0 amide bonds. The zero-order chi connectivity index (χ0) is 12.6. The molecule has 0 atom stereocenters. The summed E-state index contributed by atoms with van der Waals surface area (Å²) < 4.78 is 0. The second-order valence-electron chi connectivity index (χ2n) is 4.72. The number of aromatic nitrogens is 1. The van der Waals surface area contributed by atoms with E-state index in [0.29, 0.717) is 0 Å². The van der Waals surface area contributed by atoms with Crippen LogP contribution in [0.2, 0.25) is 0 Å². The molecule has 0 saturated carbocycles. The molecule has 0 bridgehead atoms. The second kappa shape index (κ2) is 4.36. The van der Waals surface area contributed by atoms with Gasteiger partial charge in [0.15, 0.2) is 0 Å². The maximum absolute atomic E-state index is 4.44. The van der Waals surface area contributed by atoms with E-state index in [1.54, 1.807) is 0 Å². The molecule has 17 heavy (non-hydrogen) atoms. The van der Waals surface area contributed by atoms with Crippen LogP contribution in [0.25, 0.3) is 6.08 Å². The fraction of sp³-hybridized carbons (Fsp3) is 0.400. The minimum atomic E-state index is 1.08. The van der Waals surface area contributed by atoms with Gasteiger partial charge in [-0.25, -0.2) is 0 Å². The van der Waals surface area contributed by atoms with Crippen LogP contribution in [0, 0.1) is 13.8 Å². The Morgan fingerprint density at radius 1 is 1.24 bits per heavy atom. The van der Waals surface area contributed by atoms with Crippen molar-refractivity contribution < 1.29 is 0 Å². The number of aliphatic imine (C=N–C) groups is 1. The van der Waals surface area contributed by atoms with E-state index in [9.17, 15) is 0 Å². The minimum absolute atomic E-state index is 1.08. The van der Waals surface area contributed by atoms with Crippen LogP contribution in [-0.4, -0.2) is 11.2 Å². The highest BCUT2D eigenvalue weighted by Crippen LogP contribution is 2.26. The average Bonchev–Trinajstić information content (AvgIpc) is 2.74. The lowest BCUT2D eigenvalue weighted by atomic mass is 10.1. The van der Waals surface area contributed by atoms with Gasteiger partial charge in [0.25, 0.3) is 0 Å². The summed E-state index contributed by atoms with van der Waals surface area (Å²) in [5.74, 6) is 0. The summed E-state index contributed by atoms with van der Waals surface area (Å²) in [7, 11) is 0. The summed E-state index contributed by atoms with van der Waals surface area (Å²) in [5, 5.41) is 0. The standard InChI is InChI=1S/C15H20N2/c1-6-13-11(4)15(17-12(13)5)7-14-10(3)9(2)8-16-14/h7-8,17H,6H2,1-5H3/b14-7+. The molecule has 2 heterocycles. The van der Waals surface area contributed by atoms with Crippen LogP contribution in [0.4, 0.5) is 0 Å². The van der Waals surface area contributed by atoms with Crippen molar-refractivity contribution in [3.63, 3.8) is 0 Å². The summed E-state index contributed by atoms with van der Waals surface area (Å²) >= 11 is 0. The molecular formula is C15H20N2. The SMILES string of the molecule is CCc1c(C)[nH]c(/C=C2/N=CC(C)=C2C)c1C. The topological polar surface area (TPSA) is 28.1 Å². The summed E-state index contributed by atoms with van der Waals surface area (Å²) in [4.78, 5) is 7.89. The first kappa shape index (κ1) is 11.9. The Hall–Kier alpha value is -1.57. The van der Waals surface area contributed by atoms with Gasteiger partial charge in [0, 0.05) is 17.6 Å². The van der Waals surface area contributed by atoms with Crippen LogP contribution in [0.15, 0.2) is 21.8 Å². The van der Waals surface area contributed by atoms with Gasteiger partial charge < -0.3 is 4.98 Å². The summed E-state index contributed by atoms with van der Waals surface area (Å²) in [6.45, 7) is 10.7. The van der Waals surface area contributed by atoms with E-state index in [0.717, 1.165) is 12.1 Å². The van der Waals surface area contributed by atoms with Crippen molar-refractivity contribution in [3.05, 3.63) is 39.4 Å². The van der Waals surface area contributed by atoms with Gasteiger partial charge in [0.1, 0.15) is 0 Å². The number of nitrogens with zero attached hydrogens (tertiary/aromatic N) is 1.